The molecular formula is C18H19Cl2NO3S. The zero-order valence-corrected chi connectivity index (χ0v) is 16.3. The maximum absolute atomic E-state index is 12.7. The Morgan fingerprint density at radius 1 is 1.08 bits per heavy atom. The quantitative estimate of drug-likeness (QED) is 0.725. The molecule has 2 aromatic carbocycles. The van der Waals surface area contributed by atoms with Crippen LogP contribution in [0.25, 0.3) is 0 Å². The molecule has 0 aromatic heterocycles. The molecule has 2 rings (SSSR count). The van der Waals surface area contributed by atoms with Crippen molar-refractivity contribution in [3.05, 3.63) is 64.1 Å². The van der Waals surface area contributed by atoms with Gasteiger partial charge in [-0.1, -0.05) is 47.5 Å². The predicted octanol–water partition coefficient (Wildman–Crippen LogP) is 4.35. The Kier molecular flexibility index (Phi) is 6.49. The molecule has 2 aromatic rings. The summed E-state index contributed by atoms with van der Waals surface area (Å²) in [6.07, 6.45) is 0. The van der Waals surface area contributed by atoms with Gasteiger partial charge in [0.05, 0.1) is 15.8 Å². The summed E-state index contributed by atoms with van der Waals surface area (Å²) in [5, 5.41) is -0.525. The summed E-state index contributed by atoms with van der Waals surface area (Å²) >= 11 is 11.8. The lowest BCUT2D eigenvalue weighted by atomic mass is 10.2. The lowest BCUT2D eigenvalue weighted by Crippen LogP contribution is -2.42. The molecule has 1 amide bonds. The van der Waals surface area contributed by atoms with Crippen LogP contribution in [0.15, 0.2) is 48.5 Å². The van der Waals surface area contributed by atoms with E-state index in [0.717, 1.165) is 0 Å². The summed E-state index contributed by atoms with van der Waals surface area (Å²) in [6.45, 7) is 3.61. The summed E-state index contributed by atoms with van der Waals surface area (Å²) < 4.78 is 25.3. The third-order valence-electron chi connectivity index (χ3n) is 3.89. The Morgan fingerprint density at radius 2 is 1.72 bits per heavy atom. The van der Waals surface area contributed by atoms with Crippen molar-refractivity contribution in [2.75, 3.05) is 11.4 Å². The Bertz CT molecular complexity index is 854. The van der Waals surface area contributed by atoms with Crippen molar-refractivity contribution in [3.8, 4) is 0 Å². The highest BCUT2D eigenvalue weighted by molar-refractivity contribution is 7.92. The highest BCUT2D eigenvalue weighted by Gasteiger charge is 2.32. The number of hydrogen-bond donors (Lipinski definition) is 0. The molecule has 4 nitrogen and oxygen atoms in total. The largest absolute Gasteiger partial charge is 0.312 e. The Morgan fingerprint density at radius 3 is 2.28 bits per heavy atom. The van der Waals surface area contributed by atoms with E-state index in [1.807, 2.05) is 13.0 Å². The molecule has 0 radical (unpaired) electrons. The van der Waals surface area contributed by atoms with Gasteiger partial charge < -0.3 is 4.90 Å². The summed E-state index contributed by atoms with van der Waals surface area (Å²) in [5.74, 6) is -0.725. The lowest BCUT2D eigenvalue weighted by Gasteiger charge is -2.24. The van der Waals surface area contributed by atoms with Crippen LogP contribution in [0, 0.1) is 0 Å². The van der Waals surface area contributed by atoms with Gasteiger partial charge in [0, 0.05) is 12.2 Å². The van der Waals surface area contributed by atoms with E-state index in [1.165, 1.54) is 17.9 Å². The standard InChI is InChI=1S/C18H19Cl2NO3S/c1-3-21(15-7-5-4-6-8-15)18(22)13(2)25(23,24)12-14-9-10-16(19)17(20)11-14/h4-11,13H,3,12H2,1-2H3/t13-/m0/s1. The average Bonchev–Trinajstić information content (AvgIpc) is 2.58. The first-order valence-electron chi connectivity index (χ1n) is 7.78. The second kappa shape index (κ2) is 8.21. The summed E-state index contributed by atoms with van der Waals surface area (Å²) in [4.78, 5) is 14.2. The van der Waals surface area contributed by atoms with E-state index in [-0.39, 0.29) is 10.8 Å². The van der Waals surface area contributed by atoms with Gasteiger partial charge in [0.2, 0.25) is 5.91 Å². The number of sulfone groups is 1. The fourth-order valence-corrected chi connectivity index (χ4v) is 4.08. The molecule has 0 saturated carbocycles. The maximum Gasteiger partial charge on any atom is 0.245 e. The Balaban J connectivity index is 2.22. The van der Waals surface area contributed by atoms with Crippen LogP contribution in [0.1, 0.15) is 19.4 Å². The van der Waals surface area contributed by atoms with Gasteiger partial charge in [-0.3, -0.25) is 4.79 Å². The molecule has 0 heterocycles. The van der Waals surface area contributed by atoms with E-state index in [4.69, 9.17) is 23.2 Å². The molecule has 0 fully saturated rings. The monoisotopic (exact) mass is 399 g/mol. The summed E-state index contributed by atoms with van der Waals surface area (Å²) in [6, 6.07) is 13.7. The predicted molar refractivity (Wildman–Crippen MR) is 103 cm³/mol. The highest BCUT2D eigenvalue weighted by Crippen LogP contribution is 2.25. The van der Waals surface area contributed by atoms with Gasteiger partial charge in [0.15, 0.2) is 9.84 Å². The van der Waals surface area contributed by atoms with Gasteiger partial charge in [-0.25, -0.2) is 8.42 Å². The van der Waals surface area contributed by atoms with Crippen LogP contribution >= 0.6 is 23.2 Å². The molecular weight excluding hydrogens is 381 g/mol. The molecule has 0 unspecified atom stereocenters. The molecule has 25 heavy (non-hydrogen) atoms. The number of carbonyl (C=O) groups excluding carboxylic acids is 1. The van der Waals surface area contributed by atoms with Gasteiger partial charge in [0.1, 0.15) is 5.25 Å². The molecule has 7 heteroatoms. The topological polar surface area (TPSA) is 54.5 Å². The second-order valence-corrected chi connectivity index (χ2v) is 8.75. The average molecular weight is 400 g/mol. The van der Waals surface area contributed by atoms with Gasteiger partial charge in [-0.15, -0.1) is 0 Å². The van der Waals surface area contributed by atoms with Gasteiger partial charge >= 0.3 is 0 Å². The molecule has 0 aliphatic heterocycles. The van der Waals surface area contributed by atoms with E-state index >= 15 is 0 Å². The van der Waals surface area contributed by atoms with Crippen molar-refractivity contribution in [3.63, 3.8) is 0 Å². The van der Waals surface area contributed by atoms with Crippen molar-refractivity contribution in [1.29, 1.82) is 0 Å². The first kappa shape index (κ1) is 19.8. The number of amides is 1. The number of benzene rings is 2. The number of hydrogen-bond acceptors (Lipinski definition) is 3. The van der Waals surface area contributed by atoms with Crippen LogP contribution in [0.4, 0.5) is 5.69 Å². The van der Waals surface area contributed by atoms with Crippen molar-refractivity contribution >= 4 is 44.6 Å². The van der Waals surface area contributed by atoms with Crippen LogP contribution in [0.5, 0.6) is 0 Å². The normalized spacial score (nSPS) is 12.6. The fraction of sp³-hybridized carbons (Fsp3) is 0.278. The van der Waals surface area contributed by atoms with Crippen molar-refractivity contribution in [1.82, 2.24) is 0 Å². The molecule has 0 saturated heterocycles. The Labute approximate surface area is 158 Å². The minimum Gasteiger partial charge on any atom is -0.312 e. The number of anilines is 1. The minimum absolute atomic E-state index is 0.275. The zero-order valence-electron chi connectivity index (χ0n) is 13.9. The van der Waals surface area contributed by atoms with Crippen LogP contribution in [-0.4, -0.2) is 26.1 Å². The van der Waals surface area contributed by atoms with Crippen molar-refractivity contribution in [2.45, 2.75) is 24.9 Å². The van der Waals surface area contributed by atoms with E-state index in [1.54, 1.807) is 36.4 Å². The van der Waals surface area contributed by atoms with Gasteiger partial charge in [-0.2, -0.15) is 0 Å². The van der Waals surface area contributed by atoms with E-state index in [0.29, 0.717) is 22.8 Å². The first-order valence-corrected chi connectivity index (χ1v) is 10.2. The zero-order chi connectivity index (χ0) is 18.6. The highest BCUT2D eigenvalue weighted by atomic mass is 35.5. The Hall–Kier alpha value is -1.56. The fourth-order valence-electron chi connectivity index (χ4n) is 2.43. The van der Waals surface area contributed by atoms with E-state index < -0.39 is 21.0 Å². The molecule has 0 aliphatic rings. The SMILES string of the molecule is CCN(C(=O)[C@H](C)S(=O)(=O)Cc1ccc(Cl)c(Cl)c1)c1ccccc1. The molecule has 1 atom stereocenters. The van der Waals surface area contributed by atoms with Crippen LogP contribution in [0.2, 0.25) is 10.0 Å². The van der Waals surface area contributed by atoms with E-state index in [9.17, 15) is 13.2 Å². The van der Waals surface area contributed by atoms with E-state index in [2.05, 4.69) is 0 Å². The summed E-state index contributed by atoms with van der Waals surface area (Å²) in [7, 11) is -3.70. The first-order chi connectivity index (χ1) is 11.8. The number of halogens is 2. The molecule has 0 spiro atoms. The van der Waals surface area contributed by atoms with Gasteiger partial charge in [0.25, 0.3) is 0 Å². The maximum atomic E-state index is 12.7. The van der Waals surface area contributed by atoms with Crippen molar-refractivity contribution in [2.24, 2.45) is 0 Å². The third kappa shape index (κ3) is 4.75. The van der Waals surface area contributed by atoms with Crippen LogP contribution < -0.4 is 4.90 Å². The summed E-state index contributed by atoms with van der Waals surface area (Å²) in [5.41, 5.74) is 1.17. The number of carbonyl (C=O) groups is 1. The molecule has 0 aliphatic carbocycles. The van der Waals surface area contributed by atoms with Crippen LogP contribution in [-0.2, 0) is 20.4 Å². The molecule has 0 bridgehead atoms. The number of para-hydroxylation sites is 1. The molecule has 134 valence electrons. The smallest absolute Gasteiger partial charge is 0.245 e. The van der Waals surface area contributed by atoms with Crippen molar-refractivity contribution < 1.29 is 13.2 Å². The third-order valence-corrected chi connectivity index (χ3v) is 6.64. The van der Waals surface area contributed by atoms with Crippen LogP contribution in [0.3, 0.4) is 0 Å². The lowest BCUT2D eigenvalue weighted by molar-refractivity contribution is -0.117. The molecule has 0 N–H and O–H groups in total. The number of rotatable bonds is 6. The number of nitrogens with zero attached hydrogens (tertiary/aromatic N) is 1. The van der Waals surface area contributed by atoms with Gasteiger partial charge in [-0.05, 0) is 43.7 Å². The minimum atomic E-state index is -3.70. The second-order valence-electron chi connectivity index (χ2n) is 5.62.